The molecule has 2 heterocycles. The van der Waals surface area contributed by atoms with Gasteiger partial charge in [0.15, 0.2) is 5.78 Å². The molecule has 1 aliphatic rings. The van der Waals surface area contributed by atoms with Crippen LogP contribution < -0.4 is 15.4 Å². The average molecular weight is 453 g/mol. The lowest BCUT2D eigenvalue weighted by Crippen LogP contribution is -2.41. The monoisotopic (exact) mass is 452 g/mol. The molecule has 33 heavy (non-hydrogen) atoms. The largest absolute Gasteiger partial charge is 0.496 e. The number of aromatic nitrogens is 1. The highest BCUT2D eigenvalue weighted by atomic mass is 16.5. The maximum atomic E-state index is 13.1. The number of ketones is 1. The maximum absolute atomic E-state index is 13.1. The first-order chi connectivity index (χ1) is 15.6. The second-order valence-electron chi connectivity index (χ2n) is 9.90. The van der Waals surface area contributed by atoms with Crippen molar-refractivity contribution >= 4 is 28.5 Å². The van der Waals surface area contributed by atoms with E-state index in [2.05, 4.69) is 21.7 Å². The Hall–Kier alpha value is -3.34. The third-order valence-electron chi connectivity index (χ3n) is 5.96. The van der Waals surface area contributed by atoms with Crippen molar-refractivity contribution in [2.45, 2.75) is 52.5 Å². The number of rotatable bonds is 9. The molecule has 0 saturated carbocycles. The first kappa shape index (κ1) is 24.3. The predicted octanol–water partition coefficient (Wildman–Crippen LogP) is 3.34. The van der Waals surface area contributed by atoms with Crippen LogP contribution in [-0.2, 0) is 9.59 Å². The minimum atomic E-state index is -0.777. The van der Waals surface area contributed by atoms with E-state index in [1.165, 1.54) is 0 Å². The van der Waals surface area contributed by atoms with Crippen LogP contribution in [0.2, 0.25) is 0 Å². The van der Waals surface area contributed by atoms with Crippen LogP contribution >= 0.6 is 0 Å². The molecule has 1 aromatic carbocycles. The van der Waals surface area contributed by atoms with Gasteiger partial charge < -0.3 is 20.4 Å². The fraction of sp³-hybridized carbons (Fsp3) is 0.520. The van der Waals surface area contributed by atoms with Crippen LogP contribution in [0, 0.1) is 28.6 Å². The lowest BCUT2D eigenvalue weighted by molar-refractivity contribution is -0.127. The van der Waals surface area contributed by atoms with Gasteiger partial charge in [0.25, 0.3) is 0 Å². The summed E-state index contributed by atoms with van der Waals surface area (Å²) in [6.45, 7) is 6.62. The molecule has 8 nitrogen and oxygen atoms in total. The summed E-state index contributed by atoms with van der Waals surface area (Å²) in [4.78, 5) is 41.3. The summed E-state index contributed by atoms with van der Waals surface area (Å²) in [5.41, 5.74) is 1.01. The molecule has 0 spiro atoms. The van der Waals surface area contributed by atoms with Crippen LogP contribution in [-0.4, -0.2) is 42.3 Å². The minimum absolute atomic E-state index is 0.0142. The van der Waals surface area contributed by atoms with Gasteiger partial charge in [-0.1, -0.05) is 26.8 Å². The summed E-state index contributed by atoms with van der Waals surface area (Å²) in [6.07, 6.45) is 1.42. The van der Waals surface area contributed by atoms with Crippen LogP contribution in [0.3, 0.4) is 0 Å². The number of hydrogen-bond acceptors (Lipinski definition) is 5. The highest BCUT2D eigenvalue weighted by Crippen LogP contribution is 2.30. The van der Waals surface area contributed by atoms with E-state index in [9.17, 15) is 19.6 Å². The van der Waals surface area contributed by atoms with Crippen molar-refractivity contribution in [3.8, 4) is 11.8 Å². The van der Waals surface area contributed by atoms with Crippen molar-refractivity contribution in [1.82, 2.24) is 15.6 Å². The molecule has 1 fully saturated rings. The Kier molecular flexibility index (Phi) is 7.42. The quantitative estimate of drug-likeness (QED) is 0.504. The number of benzene rings is 1. The van der Waals surface area contributed by atoms with Gasteiger partial charge in [0.1, 0.15) is 11.8 Å². The number of Topliss-reactive ketones (excluding diaryl/α,β-unsaturated/α-hetero) is 1. The first-order valence-corrected chi connectivity index (χ1v) is 11.3. The van der Waals surface area contributed by atoms with Gasteiger partial charge in [-0.25, -0.2) is 0 Å². The number of nitrogens with one attached hydrogen (secondary N) is 3. The Morgan fingerprint density at radius 3 is 2.70 bits per heavy atom. The smallest absolute Gasteiger partial charge is 0.224 e. The fourth-order valence-corrected chi connectivity index (χ4v) is 4.37. The molecule has 0 aliphatic carbocycles. The number of aromatic amines is 1. The minimum Gasteiger partial charge on any atom is -0.496 e. The van der Waals surface area contributed by atoms with Crippen LogP contribution in [0.25, 0.3) is 10.9 Å². The van der Waals surface area contributed by atoms with Crippen molar-refractivity contribution in [2.75, 3.05) is 13.7 Å². The Balaban J connectivity index is 1.74. The zero-order valence-electron chi connectivity index (χ0n) is 19.7. The van der Waals surface area contributed by atoms with E-state index in [1.54, 1.807) is 13.2 Å². The zero-order valence-corrected chi connectivity index (χ0v) is 19.7. The Labute approximate surface area is 194 Å². The van der Waals surface area contributed by atoms with E-state index in [-0.39, 0.29) is 41.8 Å². The number of hydrogen-bond donors (Lipinski definition) is 3. The summed E-state index contributed by atoms with van der Waals surface area (Å²) < 4.78 is 5.37. The van der Waals surface area contributed by atoms with Gasteiger partial charge >= 0.3 is 0 Å². The highest BCUT2D eigenvalue weighted by Gasteiger charge is 2.32. The molecule has 0 radical (unpaired) electrons. The van der Waals surface area contributed by atoms with Gasteiger partial charge in [-0.15, -0.1) is 0 Å². The molecule has 3 atom stereocenters. The second-order valence-corrected chi connectivity index (χ2v) is 9.90. The number of methoxy groups -OCH3 is 1. The van der Waals surface area contributed by atoms with E-state index in [4.69, 9.17) is 4.74 Å². The SMILES string of the molecule is COc1cccc2[nH]c(C(=O)C[C@@H](CC(C)(C)C)C(=O)N[C@H](C#N)C[C@@H]3CCNC3=O)cc12. The Morgan fingerprint density at radius 1 is 1.33 bits per heavy atom. The summed E-state index contributed by atoms with van der Waals surface area (Å²) in [6, 6.07) is 8.60. The molecule has 2 aromatic rings. The summed E-state index contributed by atoms with van der Waals surface area (Å²) in [5.74, 6) is -0.809. The van der Waals surface area contributed by atoms with Crippen molar-refractivity contribution < 1.29 is 19.1 Å². The molecule has 0 bridgehead atoms. The third-order valence-corrected chi connectivity index (χ3v) is 5.96. The summed E-state index contributed by atoms with van der Waals surface area (Å²) in [7, 11) is 1.58. The molecule has 176 valence electrons. The number of nitrogens with zero attached hydrogens (tertiary/aromatic N) is 1. The van der Waals surface area contributed by atoms with Gasteiger partial charge in [-0.05, 0) is 42.9 Å². The van der Waals surface area contributed by atoms with Crippen molar-refractivity contribution in [3.05, 3.63) is 30.0 Å². The van der Waals surface area contributed by atoms with Crippen LogP contribution in [0.4, 0.5) is 0 Å². The second kappa shape index (κ2) is 10.1. The molecule has 2 amide bonds. The van der Waals surface area contributed by atoms with Gasteiger partial charge in [0.2, 0.25) is 11.8 Å². The predicted molar refractivity (Wildman–Crippen MR) is 125 cm³/mol. The molecule has 3 N–H and O–H groups in total. The number of nitriles is 1. The number of amides is 2. The Bertz CT molecular complexity index is 1080. The van der Waals surface area contributed by atoms with E-state index in [0.717, 1.165) is 10.9 Å². The number of carbonyl (C=O) groups excluding carboxylic acids is 3. The number of fused-ring (bicyclic) bond motifs is 1. The van der Waals surface area contributed by atoms with E-state index in [0.29, 0.717) is 30.8 Å². The summed E-state index contributed by atoms with van der Waals surface area (Å²) in [5, 5.41) is 15.9. The molecular formula is C25H32N4O4. The summed E-state index contributed by atoms with van der Waals surface area (Å²) >= 11 is 0. The molecular weight excluding hydrogens is 420 g/mol. The van der Waals surface area contributed by atoms with Crippen molar-refractivity contribution in [1.29, 1.82) is 5.26 Å². The molecule has 8 heteroatoms. The fourth-order valence-electron chi connectivity index (χ4n) is 4.37. The van der Waals surface area contributed by atoms with Crippen LogP contribution in [0.5, 0.6) is 5.75 Å². The first-order valence-electron chi connectivity index (χ1n) is 11.3. The molecule has 1 aliphatic heterocycles. The number of ether oxygens (including phenoxy) is 1. The number of H-pyrrole nitrogens is 1. The third kappa shape index (κ3) is 6.13. The van der Waals surface area contributed by atoms with E-state index >= 15 is 0 Å². The van der Waals surface area contributed by atoms with Crippen LogP contribution in [0.15, 0.2) is 24.3 Å². The lowest BCUT2D eigenvalue weighted by Gasteiger charge is -2.26. The average Bonchev–Trinajstić information content (AvgIpc) is 3.37. The topological polar surface area (TPSA) is 124 Å². The zero-order chi connectivity index (χ0) is 24.2. The van der Waals surface area contributed by atoms with Gasteiger partial charge in [0.05, 0.1) is 18.9 Å². The van der Waals surface area contributed by atoms with E-state index < -0.39 is 12.0 Å². The van der Waals surface area contributed by atoms with Gasteiger partial charge in [0, 0.05) is 35.7 Å². The molecule has 3 rings (SSSR count). The van der Waals surface area contributed by atoms with Gasteiger partial charge in [-0.3, -0.25) is 14.4 Å². The van der Waals surface area contributed by atoms with Crippen molar-refractivity contribution in [3.63, 3.8) is 0 Å². The lowest BCUT2D eigenvalue weighted by atomic mass is 9.81. The molecule has 0 unspecified atom stereocenters. The number of carbonyl (C=O) groups is 3. The normalized spacial score (nSPS) is 17.8. The van der Waals surface area contributed by atoms with Crippen molar-refractivity contribution in [2.24, 2.45) is 17.3 Å². The van der Waals surface area contributed by atoms with Crippen LogP contribution in [0.1, 0.15) is 56.9 Å². The molecule has 1 saturated heterocycles. The maximum Gasteiger partial charge on any atom is 0.224 e. The highest BCUT2D eigenvalue weighted by molar-refractivity contribution is 6.02. The Morgan fingerprint density at radius 2 is 2.09 bits per heavy atom. The molecule has 1 aromatic heterocycles. The van der Waals surface area contributed by atoms with E-state index in [1.807, 2.05) is 39.0 Å². The van der Waals surface area contributed by atoms with Gasteiger partial charge in [-0.2, -0.15) is 5.26 Å². The standard InChI is InChI=1S/C25H32N4O4/c1-25(2,3)13-16(24(32)28-17(14-26)10-15-8-9-27-23(15)31)11-21(30)20-12-18-19(29-20)6-5-7-22(18)33-4/h5-7,12,15-17,29H,8-11,13H2,1-4H3,(H,27,31)(H,28,32)/t15-,16-,17-/m0/s1.